The monoisotopic (exact) mass is 209 g/mol. The minimum absolute atomic E-state index is 0.0739. The Morgan fingerprint density at radius 2 is 1.93 bits per heavy atom. The van der Waals surface area contributed by atoms with Crippen LogP contribution in [0.1, 0.15) is 16.7 Å². The minimum Gasteiger partial charge on any atom is -0.496 e. The summed E-state index contributed by atoms with van der Waals surface area (Å²) in [6, 6.07) is 4.15. The lowest BCUT2D eigenvalue weighted by molar-refractivity contribution is 0.126. The predicted molar refractivity (Wildman–Crippen MR) is 61.0 cm³/mol. The van der Waals surface area contributed by atoms with Gasteiger partial charge in [0.2, 0.25) is 0 Å². The molecule has 0 aliphatic rings. The van der Waals surface area contributed by atoms with Crippen LogP contribution in [0.15, 0.2) is 12.1 Å². The van der Waals surface area contributed by atoms with Crippen LogP contribution in [0.3, 0.4) is 0 Å². The highest BCUT2D eigenvalue weighted by Crippen LogP contribution is 2.23. The Hall–Kier alpha value is -1.06. The smallest absolute Gasteiger partial charge is 0.122 e. The summed E-state index contributed by atoms with van der Waals surface area (Å²) in [6.07, 6.45) is 0. The summed E-state index contributed by atoms with van der Waals surface area (Å²) in [6.45, 7) is 4.92. The molecule has 0 atom stereocenters. The maximum absolute atomic E-state index is 8.96. The molecule has 84 valence electrons. The first-order valence-electron chi connectivity index (χ1n) is 5.02. The lowest BCUT2D eigenvalue weighted by Crippen LogP contribution is -2.19. The van der Waals surface area contributed by atoms with Gasteiger partial charge in [-0.1, -0.05) is 6.07 Å². The highest BCUT2D eigenvalue weighted by molar-refractivity contribution is 5.41. The van der Waals surface area contributed by atoms with E-state index in [4.69, 9.17) is 9.84 Å². The quantitative estimate of drug-likeness (QED) is 0.766. The number of aryl methyl sites for hydroxylation is 2. The zero-order valence-electron chi connectivity index (χ0n) is 9.87. The highest BCUT2D eigenvalue weighted by atomic mass is 16.5. The minimum atomic E-state index is 0.0739. The van der Waals surface area contributed by atoms with Gasteiger partial charge in [0.25, 0.3) is 0 Å². The first-order chi connectivity index (χ1) is 7.08. The van der Waals surface area contributed by atoms with E-state index in [1.54, 1.807) is 7.11 Å². The van der Waals surface area contributed by atoms with Crippen LogP contribution in [0, 0.1) is 13.8 Å². The molecule has 0 amide bonds. The molecule has 1 rings (SSSR count). The Morgan fingerprint density at radius 1 is 1.27 bits per heavy atom. The molecule has 15 heavy (non-hydrogen) atoms. The zero-order valence-corrected chi connectivity index (χ0v) is 9.87. The van der Waals surface area contributed by atoms with Gasteiger partial charge in [0.1, 0.15) is 5.75 Å². The molecule has 0 heterocycles. The van der Waals surface area contributed by atoms with Gasteiger partial charge >= 0.3 is 0 Å². The molecule has 1 aromatic rings. The van der Waals surface area contributed by atoms with Crippen molar-refractivity contribution in [2.24, 2.45) is 0 Å². The van der Waals surface area contributed by atoms with E-state index in [2.05, 4.69) is 13.0 Å². The van der Waals surface area contributed by atoms with Crippen LogP contribution in [-0.2, 0) is 6.54 Å². The fraction of sp³-hybridized carbons (Fsp3) is 0.500. The van der Waals surface area contributed by atoms with Crippen molar-refractivity contribution in [1.82, 2.24) is 4.90 Å². The van der Waals surface area contributed by atoms with E-state index < -0.39 is 0 Å². The van der Waals surface area contributed by atoms with Crippen LogP contribution in [-0.4, -0.2) is 30.9 Å². The maximum atomic E-state index is 8.96. The molecule has 0 spiro atoms. The second-order valence-electron chi connectivity index (χ2n) is 3.90. The van der Waals surface area contributed by atoms with E-state index in [0.717, 1.165) is 17.9 Å². The summed E-state index contributed by atoms with van der Waals surface area (Å²) in [4.78, 5) is 1.86. The third-order valence-electron chi connectivity index (χ3n) is 2.54. The predicted octanol–water partition coefficient (Wildman–Crippen LogP) is 1.69. The van der Waals surface area contributed by atoms with Gasteiger partial charge in [-0.3, -0.25) is 4.90 Å². The fourth-order valence-electron chi connectivity index (χ4n) is 1.58. The largest absolute Gasteiger partial charge is 0.496 e. The van der Waals surface area contributed by atoms with Crippen LogP contribution in [0.5, 0.6) is 5.75 Å². The third kappa shape index (κ3) is 2.94. The van der Waals surface area contributed by atoms with Gasteiger partial charge in [-0.05, 0) is 43.7 Å². The highest BCUT2D eigenvalue weighted by Gasteiger charge is 2.06. The fourth-order valence-corrected chi connectivity index (χ4v) is 1.58. The molecular weight excluding hydrogens is 190 g/mol. The average Bonchev–Trinajstić information content (AvgIpc) is 2.22. The second kappa shape index (κ2) is 5.14. The van der Waals surface area contributed by atoms with Gasteiger partial charge in [0.15, 0.2) is 0 Å². The van der Waals surface area contributed by atoms with Gasteiger partial charge < -0.3 is 9.84 Å². The van der Waals surface area contributed by atoms with E-state index in [-0.39, 0.29) is 6.73 Å². The molecule has 3 nitrogen and oxygen atoms in total. The summed E-state index contributed by atoms with van der Waals surface area (Å²) in [5.74, 6) is 0.919. The van der Waals surface area contributed by atoms with Crippen LogP contribution in [0.2, 0.25) is 0 Å². The molecule has 0 unspecified atom stereocenters. The molecule has 0 bridgehead atoms. The number of aliphatic hydroxyl groups is 1. The molecule has 1 aromatic carbocycles. The third-order valence-corrected chi connectivity index (χ3v) is 2.54. The molecule has 0 fully saturated rings. The molecule has 0 aromatic heterocycles. The molecule has 1 N–H and O–H groups in total. The van der Waals surface area contributed by atoms with Crippen molar-refractivity contribution in [2.75, 3.05) is 20.9 Å². The standard InChI is InChI=1S/C12H19NO2/c1-9-6-12(15-4)10(2)5-11(9)7-13(3)8-14/h5-6,14H,7-8H2,1-4H3. The van der Waals surface area contributed by atoms with Crippen molar-refractivity contribution >= 4 is 0 Å². The molecule has 0 radical (unpaired) electrons. The Morgan fingerprint density at radius 3 is 2.47 bits per heavy atom. The van der Waals surface area contributed by atoms with Crippen molar-refractivity contribution in [2.45, 2.75) is 20.4 Å². The van der Waals surface area contributed by atoms with Crippen LogP contribution < -0.4 is 4.74 Å². The van der Waals surface area contributed by atoms with Crippen molar-refractivity contribution in [3.63, 3.8) is 0 Å². The molecule has 3 heteroatoms. The average molecular weight is 209 g/mol. The molecular formula is C12H19NO2. The number of benzene rings is 1. The summed E-state index contributed by atoms with van der Waals surface area (Å²) < 4.78 is 5.25. The summed E-state index contributed by atoms with van der Waals surface area (Å²) in [5.41, 5.74) is 3.55. The number of methoxy groups -OCH3 is 1. The summed E-state index contributed by atoms with van der Waals surface area (Å²) >= 11 is 0. The maximum Gasteiger partial charge on any atom is 0.122 e. The number of nitrogens with zero attached hydrogens (tertiary/aromatic N) is 1. The summed E-state index contributed by atoms with van der Waals surface area (Å²) in [7, 11) is 3.57. The van der Waals surface area contributed by atoms with Gasteiger partial charge in [-0.15, -0.1) is 0 Å². The Labute approximate surface area is 91.3 Å². The van der Waals surface area contributed by atoms with E-state index in [1.165, 1.54) is 11.1 Å². The number of aliphatic hydroxyl groups excluding tert-OH is 1. The SMILES string of the molecule is COc1cc(C)c(CN(C)CO)cc1C. The zero-order chi connectivity index (χ0) is 11.4. The van der Waals surface area contributed by atoms with Crippen molar-refractivity contribution in [3.05, 3.63) is 28.8 Å². The van der Waals surface area contributed by atoms with Crippen LogP contribution in [0.25, 0.3) is 0 Å². The number of ether oxygens (including phenoxy) is 1. The van der Waals surface area contributed by atoms with Gasteiger partial charge in [-0.2, -0.15) is 0 Å². The number of hydrogen-bond acceptors (Lipinski definition) is 3. The molecule has 0 aliphatic heterocycles. The van der Waals surface area contributed by atoms with Crippen molar-refractivity contribution < 1.29 is 9.84 Å². The van der Waals surface area contributed by atoms with Gasteiger partial charge in [0, 0.05) is 6.54 Å². The van der Waals surface area contributed by atoms with Crippen LogP contribution >= 0.6 is 0 Å². The first kappa shape index (κ1) is 12.0. The van der Waals surface area contributed by atoms with E-state index >= 15 is 0 Å². The Bertz CT molecular complexity index is 337. The van der Waals surface area contributed by atoms with Gasteiger partial charge in [-0.25, -0.2) is 0 Å². The lowest BCUT2D eigenvalue weighted by Gasteiger charge is -2.16. The Kier molecular flexibility index (Phi) is 4.12. The van der Waals surface area contributed by atoms with E-state index in [1.807, 2.05) is 24.9 Å². The Balaban J connectivity index is 2.95. The second-order valence-corrected chi connectivity index (χ2v) is 3.90. The number of hydrogen-bond donors (Lipinski definition) is 1. The number of rotatable bonds is 4. The first-order valence-corrected chi connectivity index (χ1v) is 5.02. The van der Waals surface area contributed by atoms with E-state index in [0.29, 0.717) is 0 Å². The van der Waals surface area contributed by atoms with Gasteiger partial charge in [0.05, 0.1) is 13.8 Å². The van der Waals surface area contributed by atoms with Crippen molar-refractivity contribution in [1.29, 1.82) is 0 Å². The summed E-state index contributed by atoms with van der Waals surface area (Å²) in [5, 5.41) is 8.96. The molecule has 0 saturated heterocycles. The van der Waals surface area contributed by atoms with Crippen molar-refractivity contribution in [3.8, 4) is 5.75 Å². The molecule has 0 aliphatic carbocycles. The lowest BCUT2D eigenvalue weighted by atomic mass is 10.0. The topological polar surface area (TPSA) is 32.7 Å². The van der Waals surface area contributed by atoms with Crippen LogP contribution in [0.4, 0.5) is 0 Å². The molecule has 0 saturated carbocycles. The normalized spacial score (nSPS) is 10.8. The van der Waals surface area contributed by atoms with E-state index in [9.17, 15) is 0 Å².